The highest BCUT2D eigenvalue weighted by Gasteiger charge is 2.40. The van der Waals surface area contributed by atoms with Crippen molar-refractivity contribution in [1.29, 1.82) is 0 Å². The van der Waals surface area contributed by atoms with Gasteiger partial charge in [-0.25, -0.2) is 0 Å². The molecule has 3 atom stereocenters. The third-order valence-electron chi connectivity index (χ3n) is 2.00. The summed E-state index contributed by atoms with van der Waals surface area (Å²) in [5, 5.41) is 0.159. The summed E-state index contributed by atoms with van der Waals surface area (Å²) in [4.78, 5) is 0. The lowest BCUT2D eigenvalue weighted by molar-refractivity contribution is -0.109. The van der Waals surface area contributed by atoms with E-state index in [0.29, 0.717) is 0 Å². The number of halogens is 1. The molecule has 0 spiro atoms. The van der Waals surface area contributed by atoms with Crippen LogP contribution in [0.1, 0.15) is 19.8 Å². The highest BCUT2D eigenvalue weighted by molar-refractivity contribution is 6.21. The number of hydrogen-bond donors (Lipinski definition) is 0. The average molecular weight is 179 g/mol. The molecule has 3 heteroatoms. The maximum atomic E-state index is 5.92. The Hall–Kier alpha value is 0.210. The topological polar surface area (TPSA) is 18.5 Å². The van der Waals surface area contributed by atoms with Crippen LogP contribution in [-0.2, 0) is 9.47 Å². The Balaban J connectivity index is 2.19. The quantitative estimate of drug-likeness (QED) is 0.612. The number of ether oxygens (including phenoxy) is 2. The van der Waals surface area contributed by atoms with Crippen LogP contribution in [0.5, 0.6) is 0 Å². The molecule has 0 aliphatic heterocycles. The van der Waals surface area contributed by atoms with Crippen LogP contribution >= 0.6 is 11.6 Å². The Morgan fingerprint density at radius 1 is 1.55 bits per heavy atom. The van der Waals surface area contributed by atoms with Crippen molar-refractivity contribution in [1.82, 2.24) is 0 Å². The minimum absolute atomic E-state index is 0.126. The van der Waals surface area contributed by atoms with Crippen molar-refractivity contribution in [3.63, 3.8) is 0 Å². The van der Waals surface area contributed by atoms with Crippen molar-refractivity contribution in [2.75, 3.05) is 13.7 Å². The molecule has 0 aromatic rings. The van der Waals surface area contributed by atoms with Crippen LogP contribution in [0.15, 0.2) is 0 Å². The van der Waals surface area contributed by atoms with E-state index >= 15 is 0 Å². The maximum absolute atomic E-state index is 5.92. The van der Waals surface area contributed by atoms with Crippen LogP contribution in [0, 0.1) is 0 Å². The number of alkyl halides is 1. The van der Waals surface area contributed by atoms with E-state index in [1.54, 1.807) is 7.11 Å². The molecule has 11 heavy (non-hydrogen) atoms. The van der Waals surface area contributed by atoms with Gasteiger partial charge in [0, 0.05) is 13.7 Å². The van der Waals surface area contributed by atoms with E-state index in [-0.39, 0.29) is 17.6 Å². The first-order valence-corrected chi connectivity index (χ1v) is 4.51. The second-order valence-electron chi connectivity index (χ2n) is 2.86. The molecule has 1 aliphatic carbocycles. The molecule has 3 unspecified atom stereocenters. The lowest BCUT2D eigenvalue weighted by Crippen LogP contribution is -2.50. The molecular formula is C8H15ClO2. The van der Waals surface area contributed by atoms with Gasteiger partial charge in [0.2, 0.25) is 0 Å². The SMILES string of the molecule is CCCOC1C(Cl)CC1OC. The van der Waals surface area contributed by atoms with Gasteiger partial charge >= 0.3 is 0 Å². The molecular weight excluding hydrogens is 164 g/mol. The molecule has 1 fully saturated rings. The van der Waals surface area contributed by atoms with Gasteiger partial charge in [0.1, 0.15) is 6.10 Å². The van der Waals surface area contributed by atoms with Gasteiger partial charge < -0.3 is 9.47 Å². The van der Waals surface area contributed by atoms with Crippen LogP contribution in [-0.4, -0.2) is 31.3 Å². The van der Waals surface area contributed by atoms with Crippen molar-refractivity contribution >= 4 is 11.6 Å². The molecule has 1 saturated carbocycles. The summed E-state index contributed by atoms with van der Waals surface area (Å²) >= 11 is 5.92. The molecule has 0 N–H and O–H groups in total. The Morgan fingerprint density at radius 3 is 2.73 bits per heavy atom. The minimum atomic E-state index is 0.126. The zero-order valence-corrected chi connectivity index (χ0v) is 7.80. The molecule has 0 saturated heterocycles. The van der Waals surface area contributed by atoms with Gasteiger partial charge in [-0.2, -0.15) is 0 Å². The van der Waals surface area contributed by atoms with Crippen LogP contribution in [0.2, 0.25) is 0 Å². The van der Waals surface area contributed by atoms with E-state index in [2.05, 4.69) is 6.92 Å². The summed E-state index contributed by atoms with van der Waals surface area (Å²) in [6.45, 7) is 2.87. The molecule has 0 amide bonds. The summed E-state index contributed by atoms with van der Waals surface area (Å²) in [7, 11) is 1.70. The van der Waals surface area contributed by atoms with Gasteiger partial charge in [-0.1, -0.05) is 6.92 Å². The molecule has 1 rings (SSSR count). The third-order valence-corrected chi connectivity index (χ3v) is 2.42. The Kier molecular flexibility index (Phi) is 3.63. The smallest absolute Gasteiger partial charge is 0.100 e. The monoisotopic (exact) mass is 178 g/mol. The van der Waals surface area contributed by atoms with E-state index in [1.807, 2.05) is 0 Å². The first-order valence-electron chi connectivity index (χ1n) is 4.08. The van der Waals surface area contributed by atoms with Crippen molar-refractivity contribution < 1.29 is 9.47 Å². The van der Waals surface area contributed by atoms with E-state index < -0.39 is 0 Å². The lowest BCUT2D eigenvalue weighted by atomic mass is 9.91. The van der Waals surface area contributed by atoms with Crippen molar-refractivity contribution in [2.24, 2.45) is 0 Å². The normalized spacial score (nSPS) is 36.8. The zero-order chi connectivity index (χ0) is 8.27. The largest absolute Gasteiger partial charge is 0.379 e. The van der Waals surface area contributed by atoms with E-state index in [4.69, 9.17) is 21.1 Å². The summed E-state index contributed by atoms with van der Waals surface area (Å²) in [6, 6.07) is 0. The molecule has 0 aromatic carbocycles. The molecule has 0 radical (unpaired) electrons. The van der Waals surface area contributed by atoms with E-state index in [9.17, 15) is 0 Å². The van der Waals surface area contributed by atoms with Gasteiger partial charge in [-0.3, -0.25) is 0 Å². The predicted molar refractivity (Wildman–Crippen MR) is 45.1 cm³/mol. The Morgan fingerprint density at radius 2 is 2.27 bits per heavy atom. The standard InChI is InChI=1S/C8H15ClO2/c1-3-4-11-8-6(9)5-7(8)10-2/h6-8H,3-5H2,1-2H3. The summed E-state index contributed by atoms with van der Waals surface area (Å²) in [5.74, 6) is 0. The maximum Gasteiger partial charge on any atom is 0.100 e. The van der Waals surface area contributed by atoms with Crippen LogP contribution in [0.3, 0.4) is 0 Å². The van der Waals surface area contributed by atoms with Crippen molar-refractivity contribution in [2.45, 2.75) is 37.4 Å². The Bertz CT molecular complexity index is 119. The van der Waals surface area contributed by atoms with Gasteiger partial charge in [0.05, 0.1) is 11.5 Å². The molecule has 0 heterocycles. The Labute approximate surface area is 72.8 Å². The minimum Gasteiger partial charge on any atom is -0.379 e. The first kappa shape index (κ1) is 9.30. The first-order chi connectivity index (χ1) is 5.29. The van der Waals surface area contributed by atoms with Gasteiger partial charge in [0.15, 0.2) is 0 Å². The van der Waals surface area contributed by atoms with Crippen molar-refractivity contribution in [3.8, 4) is 0 Å². The fraction of sp³-hybridized carbons (Fsp3) is 1.00. The molecule has 0 bridgehead atoms. The summed E-state index contributed by atoms with van der Waals surface area (Å²) < 4.78 is 10.6. The summed E-state index contributed by atoms with van der Waals surface area (Å²) in [5.41, 5.74) is 0. The molecule has 1 aliphatic rings. The number of rotatable bonds is 4. The highest BCUT2D eigenvalue weighted by atomic mass is 35.5. The fourth-order valence-corrected chi connectivity index (χ4v) is 1.63. The second kappa shape index (κ2) is 4.29. The lowest BCUT2D eigenvalue weighted by Gasteiger charge is -2.39. The molecule has 66 valence electrons. The molecule has 2 nitrogen and oxygen atoms in total. The number of hydrogen-bond acceptors (Lipinski definition) is 2. The third kappa shape index (κ3) is 2.08. The van der Waals surface area contributed by atoms with E-state index in [0.717, 1.165) is 19.4 Å². The van der Waals surface area contributed by atoms with Crippen LogP contribution < -0.4 is 0 Å². The summed E-state index contributed by atoms with van der Waals surface area (Å²) in [6.07, 6.45) is 2.31. The van der Waals surface area contributed by atoms with Gasteiger partial charge in [-0.05, 0) is 12.8 Å². The number of methoxy groups -OCH3 is 1. The highest BCUT2D eigenvalue weighted by Crippen LogP contribution is 2.31. The predicted octanol–water partition coefficient (Wildman–Crippen LogP) is 1.81. The second-order valence-corrected chi connectivity index (χ2v) is 3.42. The van der Waals surface area contributed by atoms with E-state index in [1.165, 1.54) is 0 Å². The zero-order valence-electron chi connectivity index (χ0n) is 7.05. The van der Waals surface area contributed by atoms with Crippen LogP contribution in [0.4, 0.5) is 0 Å². The van der Waals surface area contributed by atoms with Crippen molar-refractivity contribution in [3.05, 3.63) is 0 Å². The van der Waals surface area contributed by atoms with Gasteiger partial charge in [0.25, 0.3) is 0 Å². The van der Waals surface area contributed by atoms with Gasteiger partial charge in [-0.15, -0.1) is 11.6 Å². The van der Waals surface area contributed by atoms with Crippen LogP contribution in [0.25, 0.3) is 0 Å². The fourth-order valence-electron chi connectivity index (χ4n) is 1.22. The molecule has 0 aromatic heterocycles. The average Bonchev–Trinajstić information content (AvgIpc) is 2.00.